The van der Waals surface area contributed by atoms with Crippen LogP contribution in [-0.2, 0) is 0 Å². The van der Waals surface area contributed by atoms with Gasteiger partial charge >= 0.3 is 0 Å². The van der Waals surface area contributed by atoms with Crippen LogP contribution < -0.4 is 5.43 Å². The van der Waals surface area contributed by atoms with Crippen molar-refractivity contribution >= 4 is 11.4 Å². The van der Waals surface area contributed by atoms with Gasteiger partial charge in [0.25, 0.3) is 0 Å². The van der Waals surface area contributed by atoms with Crippen LogP contribution in [0.5, 0.6) is 0 Å². The smallest absolute Gasteiger partial charge is 0.0561 e. The van der Waals surface area contributed by atoms with Crippen molar-refractivity contribution in [1.82, 2.24) is 0 Å². The number of hydrazone groups is 1. The first kappa shape index (κ1) is 11.2. The second kappa shape index (κ2) is 5.15. The highest BCUT2D eigenvalue weighted by atomic mass is 15.3. The van der Waals surface area contributed by atoms with Crippen LogP contribution in [0.1, 0.15) is 38.2 Å². The molecule has 0 radical (unpaired) electrons. The van der Waals surface area contributed by atoms with E-state index >= 15 is 0 Å². The zero-order valence-electron chi connectivity index (χ0n) is 10.2. The first-order valence-electron chi connectivity index (χ1n) is 6.15. The molecule has 86 valence electrons. The van der Waals surface area contributed by atoms with E-state index in [4.69, 9.17) is 0 Å². The van der Waals surface area contributed by atoms with Gasteiger partial charge in [0, 0.05) is 5.71 Å². The maximum atomic E-state index is 4.53. The van der Waals surface area contributed by atoms with Gasteiger partial charge in [0.15, 0.2) is 0 Å². The summed E-state index contributed by atoms with van der Waals surface area (Å²) in [6.07, 6.45) is 5.08. The van der Waals surface area contributed by atoms with Gasteiger partial charge in [0.2, 0.25) is 0 Å². The van der Waals surface area contributed by atoms with Crippen molar-refractivity contribution in [3.8, 4) is 0 Å². The van der Waals surface area contributed by atoms with E-state index in [2.05, 4.69) is 48.6 Å². The maximum Gasteiger partial charge on any atom is 0.0561 e. The van der Waals surface area contributed by atoms with E-state index in [9.17, 15) is 0 Å². The van der Waals surface area contributed by atoms with Crippen LogP contribution in [0, 0.1) is 12.8 Å². The molecule has 1 fully saturated rings. The fourth-order valence-electron chi connectivity index (χ4n) is 2.10. The number of hydrogen-bond donors (Lipinski definition) is 1. The standard InChI is InChI=1S/C14H20N2/c1-11-7-9-13(10-8-11)15-16-14-6-4-3-5-12(14)2/h7-10,12,15H,3-6H2,1-2H3/b16-14-/t12-/m0/s1. The Morgan fingerprint density at radius 1 is 1.19 bits per heavy atom. The number of benzene rings is 1. The number of nitrogens with one attached hydrogen (secondary N) is 1. The van der Waals surface area contributed by atoms with Crippen LogP contribution in [0.4, 0.5) is 5.69 Å². The minimum absolute atomic E-state index is 0.645. The Labute approximate surface area is 97.8 Å². The zero-order chi connectivity index (χ0) is 11.4. The molecule has 1 saturated carbocycles. The van der Waals surface area contributed by atoms with Crippen LogP contribution in [0.3, 0.4) is 0 Å². The SMILES string of the molecule is Cc1ccc(N/N=C2/CCCC[C@@H]2C)cc1. The molecule has 2 heteroatoms. The van der Waals surface area contributed by atoms with Gasteiger partial charge in [-0.1, -0.05) is 31.0 Å². The van der Waals surface area contributed by atoms with E-state index in [1.54, 1.807) is 0 Å². The topological polar surface area (TPSA) is 24.4 Å². The fraction of sp³-hybridized carbons (Fsp3) is 0.500. The summed E-state index contributed by atoms with van der Waals surface area (Å²) in [4.78, 5) is 0. The molecule has 0 aliphatic heterocycles. The quantitative estimate of drug-likeness (QED) is 0.743. The van der Waals surface area contributed by atoms with E-state index in [1.165, 1.54) is 30.5 Å². The van der Waals surface area contributed by atoms with E-state index < -0.39 is 0 Å². The number of hydrogen-bond acceptors (Lipinski definition) is 2. The van der Waals surface area contributed by atoms with E-state index in [-0.39, 0.29) is 0 Å². The fourth-order valence-corrected chi connectivity index (χ4v) is 2.10. The van der Waals surface area contributed by atoms with Gasteiger partial charge in [-0.15, -0.1) is 0 Å². The normalized spacial score (nSPS) is 23.4. The molecule has 0 spiro atoms. The molecule has 1 aromatic carbocycles. The van der Waals surface area contributed by atoms with Crippen LogP contribution >= 0.6 is 0 Å². The number of anilines is 1. The minimum atomic E-state index is 0.645. The lowest BCUT2D eigenvalue weighted by molar-refractivity contribution is 0.558. The van der Waals surface area contributed by atoms with Crippen molar-refractivity contribution in [1.29, 1.82) is 0 Å². The highest BCUT2D eigenvalue weighted by Gasteiger charge is 2.15. The molecule has 0 heterocycles. The van der Waals surface area contributed by atoms with Crippen LogP contribution in [0.15, 0.2) is 29.4 Å². The molecule has 1 aromatic rings. The lowest BCUT2D eigenvalue weighted by Gasteiger charge is -2.20. The largest absolute Gasteiger partial charge is 0.279 e. The van der Waals surface area contributed by atoms with Crippen molar-refractivity contribution < 1.29 is 0 Å². The predicted molar refractivity (Wildman–Crippen MR) is 69.9 cm³/mol. The van der Waals surface area contributed by atoms with Crippen molar-refractivity contribution in [3.05, 3.63) is 29.8 Å². The van der Waals surface area contributed by atoms with Crippen LogP contribution in [0.2, 0.25) is 0 Å². The Balaban J connectivity index is 1.99. The summed E-state index contributed by atoms with van der Waals surface area (Å²) in [7, 11) is 0. The molecule has 2 rings (SSSR count). The van der Waals surface area contributed by atoms with Crippen molar-refractivity contribution in [3.63, 3.8) is 0 Å². The second-order valence-electron chi connectivity index (χ2n) is 4.73. The first-order valence-corrected chi connectivity index (χ1v) is 6.15. The van der Waals surface area contributed by atoms with E-state index in [0.717, 1.165) is 12.1 Å². The Morgan fingerprint density at radius 3 is 2.62 bits per heavy atom. The Hall–Kier alpha value is -1.31. The molecule has 0 aromatic heterocycles. The third-order valence-corrected chi connectivity index (χ3v) is 3.27. The molecule has 1 aliphatic carbocycles. The van der Waals surface area contributed by atoms with E-state index in [1.807, 2.05) is 0 Å². The average molecular weight is 216 g/mol. The molecule has 1 aliphatic rings. The summed E-state index contributed by atoms with van der Waals surface area (Å²) in [5, 5.41) is 4.53. The van der Waals surface area contributed by atoms with Crippen molar-refractivity contribution in [2.45, 2.75) is 39.5 Å². The van der Waals surface area contributed by atoms with Crippen LogP contribution in [-0.4, -0.2) is 5.71 Å². The molecule has 2 nitrogen and oxygen atoms in total. The second-order valence-corrected chi connectivity index (χ2v) is 4.73. The number of nitrogens with zero attached hydrogens (tertiary/aromatic N) is 1. The zero-order valence-corrected chi connectivity index (χ0v) is 10.2. The lowest BCUT2D eigenvalue weighted by Crippen LogP contribution is -2.17. The predicted octanol–water partition coefficient (Wildman–Crippen LogP) is 3.97. The summed E-state index contributed by atoms with van der Waals surface area (Å²) in [6, 6.07) is 8.36. The first-order chi connectivity index (χ1) is 7.75. The van der Waals surface area contributed by atoms with Gasteiger partial charge in [-0.2, -0.15) is 5.10 Å². The Kier molecular flexibility index (Phi) is 3.60. The molecular formula is C14H20N2. The summed E-state index contributed by atoms with van der Waals surface area (Å²) in [6.45, 7) is 4.37. The maximum absolute atomic E-state index is 4.53. The van der Waals surface area contributed by atoms with Gasteiger partial charge in [-0.25, -0.2) is 0 Å². The summed E-state index contributed by atoms with van der Waals surface area (Å²) in [5.74, 6) is 0.645. The highest BCUT2D eigenvalue weighted by molar-refractivity contribution is 5.87. The Bertz CT molecular complexity index is 365. The van der Waals surface area contributed by atoms with Gasteiger partial charge in [0.1, 0.15) is 0 Å². The van der Waals surface area contributed by atoms with Gasteiger partial charge in [-0.05, 0) is 44.2 Å². The van der Waals surface area contributed by atoms with Gasteiger partial charge in [0.05, 0.1) is 5.69 Å². The number of rotatable bonds is 2. The minimum Gasteiger partial charge on any atom is -0.279 e. The Morgan fingerprint density at radius 2 is 1.94 bits per heavy atom. The van der Waals surface area contributed by atoms with Gasteiger partial charge in [-0.3, -0.25) is 5.43 Å². The number of aryl methyl sites for hydroxylation is 1. The molecule has 0 bridgehead atoms. The third kappa shape index (κ3) is 2.84. The molecular weight excluding hydrogens is 196 g/mol. The molecule has 0 saturated heterocycles. The van der Waals surface area contributed by atoms with Crippen molar-refractivity contribution in [2.24, 2.45) is 11.0 Å². The molecule has 0 unspecified atom stereocenters. The average Bonchev–Trinajstić information content (AvgIpc) is 2.30. The monoisotopic (exact) mass is 216 g/mol. The molecule has 1 N–H and O–H groups in total. The molecule has 0 amide bonds. The van der Waals surface area contributed by atoms with Crippen LogP contribution in [0.25, 0.3) is 0 Å². The summed E-state index contributed by atoms with van der Waals surface area (Å²) >= 11 is 0. The van der Waals surface area contributed by atoms with Gasteiger partial charge < -0.3 is 0 Å². The lowest BCUT2D eigenvalue weighted by atomic mass is 9.89. The summed E-state index contributed by atoms with van der Waals surface area (Å²) < 4.78 is 0. The van der Waals surface area contributed by atoms with Crippen molar-refractivity contribution in [2.75, 3.05) is 5.43 Å². The highest BCUT2D eigenvalue weighted by Crippen LogP contribution is 2.21. The third-order valence-electron chi connectivity index (χ3n) is 3.27. The van der Waals surface area contributed by atoms with E-state index in [0.29, 0.717) is 5.92 Å². The summed E-state index contributed by atoms with van der Waals surface area (Å²) in [5.41, 5.74) is 6.85. The molecule has 16 heavy (non-hydrogen) atoms. The molecule has 1 atom stereocenters.